The van der Waals surface area contributed by atoms with E-state index in [0.717, 1.165) is 122 Å². The molecule has 458 valence electrons. The van der Waals surface area contributed by atoms with E-state index in [4.69, 9.17) is 14.2 Å². The predicted molar refractivity (Wildman–Crippen MR) is 348 cm³/mol. The molecule has 80 heavy (non-hydrogen) atoms. The van der Waals surface area contributed by atoms with Gasteiger partial charge in [0, 0.05) is 19.3 Å². The lowest BCUT2D eigenvalue weighted by Crippen LogP contribution is -2.30. The molecule has 0 aromatic carbocycles. The van der Waals surface area contributed by atoms with Gasteiger partial charge in [-0.15, -0.1) is 0 Å². The maximum Gasteiger partial charge on any atom is 0.306 e. The summed E-state index contributed by atoms with van der Waals surface area (Å²) in [5.74, 6) is -0.902. The van der Waals surface area contributed by atoms with Crippen LogP contribution >= 0.6 is 0 Å². The Kier molecular flexibility index (Phi) is 64.3. The largest absolute Gasteiger partial charge is 0.462 e. The zero-order valence-corrected chi connectivity index (χ0v) is 52.6. The molecule has 0 N–H and O–H groups in total. The highest BCUT2D eigenvalue weighted by Crippen LogP contribution is 2.16. The van der Waals surface area contributed by atoms with Gasteiger partial charge in [-0.3, -0.25) is 14.4 Å². The first kappa shape index (κ1) is 76.1. The van der Waals surface area contributed by atoms with Crippen LogP contribution in [0.1, 0.15) is 323 Å². The van der Waals surface area contributed by atoms with Gasteiger partial charge < -0.3 is 14.2 Å². The summed E-state index contributed by atoms with van der Waals surface area (Å²) in [6.07, 6.45) is 92.4. The summed E-state index contributed by atoms with van der Waals surface area (Å²) in [6.45, 7) is 6.50. The van der Waals surface area contributed by atoms with Gasteiger partial charge in [-0.2, -0.15) is 0 Å². The van der Waals surface area contributed by atoms with E-state index in [2.05, 4.69) is 130 Å². The van der Waals surface area contributed by atoms with Crippen LogP contribution in [0.2, 0.25) is 0 Å². The van der Waals surface area contributed by atoms with Crippen LogP contribution in [-0.2, 0) is 28.6 Å². The average molecular weight is 1110 g/mol. The molecule has 0 amide bonds. The third-order valence-electron chi connectivity index (χ3n) is 14.5. The lowest BCUT2D eigenvalue weighted by molar-refractivity contribution is -0.167. The lowest BCUT2D eigenvalue weighted by atomic mass is 10.0. The standard InChI is InChI=1S/C74H126O6/c1-4-7-10-13-16-19-22-25-27-29-31-33-35-37-39-41-43-45-47-49-52-55-58-61-64-67-73(76)79-70-71(69-78-72(75)66-63-60-57-54-51-24-21-18-15-12-9-6-3)80-74(77)68-65-62-59-56-53-50-48-46-44-42-40-38-36-34-32-30-28-26-23-20-17-14-11-8-5-2/h7,10,16,18-19,21,23,25-27,30-33,37,39,43,45,71H,4-6,8-9,11-15,17,20,22,24,28-29,34-36,38,40-42,44,46-70H2,1-3H3/b10-7-,19-16-,21-18-,26-23-,27-25-,32-30-,33-31-,39-37-,45-43-. The van der Waals surface area contributed by atoms with Gasteiger partial charge in [0.05, 0.1) is 0 Å². The maximum atomic E-state index is 12.9. The molecular formula is C74H126O6. The number of carbonyl (C=O) groups is 3. The highest BCUT2D eigenvalue weighted by molar-refractivity contribution is 5.71. The molecule has 0 spiro atoms. The molecule has 1 unspecified atom stereocenters. The van der Waals surface area contributed by atoms with Crippen molar-refractivity contribution in [3.05, 3.63) is 109 Å². The zero-order chi connectivity index (χ0) is 57.8. The summed E-state index contributed by atoms with van der Waals surface area (Å²) in [6, 6.07) is 0. The minimum absolute atomic E-state index is 0.0870. The van der Waals surface area contributed by atoms with Crippen LogP contribution in [0.5, 0.6) is 0 Å². The SMILES string of the molecule is CC/C=C\C/C=C\C/C=C\C/C=C\C/C=C\C/C=C\CCCCCCCCC(=O)OCC(COC(=O)CCCCCCC/C=C\CCCCC)OC(=O)CCCCCCCCCCCCCCC/C=C\C/C=C\CCCCCCC. The Morgan fingerprint density at radius 1 is 0.263 bits per heavy atom. The number of esters is 3. The van der Waals surface area contributed by atoms with Crippen molar-refractivity contribution in [2.75, 3.05) is 13.2 Å². The Balaban J connectivity index is 4.33. The monoisotopic (exact) mass is 1110 g/mol. The third kappa shape index (κ3) is 64.9. The van der Waals surface area contributed by atoms with Gasteiger partial charge >= 0.3 is 17.9 Å². The second-order valence-electron chi connectivity index (χ2n) is 22.3. The van der Waals surface area contributed by atoms with Crippen molar-refractivity contribution in [3.8, 4) is 0 Å². The van der Waals surface area contributed by atoms with Gasteiger partial charge in [0.2, 0.25) is 0 Å². The van der Waals surface area contributed by atoms with Crippen molar-refractivity contribution in [1.82, 2.24) is 0 Å². The number of hydrogen-bond acceptors (Lipinski definition) is 6. The molecule has 0 aromatic heterocycles. The topological polar surface area (TPSA) is 78.9 Å². The summed E-state index contributed by atoms with van der Waals surface area (Å²) in [4.78, 5) is 38.4. The molecule has 0 bridgehead atoms. The van der Waals surface area contributed by atoms with Crippen molar-refractivity contribution < 1.29 is 28.6 Å². The fourth-order valence-corrected chi connectivity index (χ4v) is 9.41. The van der Waals surface area contributed by atoms with Crippen molar-refractivity contribution in [1.29, 1.82) is 0 Å². The molecular weight excluding hydrogens is 985 g/mol. The van der Waals surface area contributed by atoms with E-state index >= 15 is 0 Å². The van der Waals surface area contributed by atoms with Crippen LogP contribution < -0.4 is 0 Å². The molecule has 1 atom stereocenters. The molecule has 0 aliphatic carbocycles. The summed E-state index contributed by atoms with van der Waals surface area (Å²) < 4.78 is 16.9. The molecule has 0 heterocycles. The van der Waals surface area contributed by atoms with Crippen LogP contribution in [0.25, 0.3) is 0 Å². The van der Waals surface area contributed by atoms with E-state index in [1.807, 2.05) is 0 Å². The van der Waals surface area contributed by atoms with E-state index in [-0.39, 0.29) is 31.1 Å². The Bertz CT molecular complexity index is 1610. The minimum Gasteiger partial charge on any atom is -0.462 e. The van der Waals surface area contributed by atoms with E-state index in [1.165, 1.54) is 161 Å². The number of unbranched alkanes of at least 4 members (excludes halogenated alkanes) is 32. The summed E-state index contributed by atoms with van der Waals surface area (Å²) >= 11 is 0. The Hall–Kier alpha value is -3.93. The molecule has 6 nitrogen and oxygen atoms in total. The fourth-order valence-electron chi connectivity index (χ4n) is 9.41. The van der Waals surface area contributed by atoms with Gasteiger partial charge in [-0.05, 0) is 128 Å². The molecule has 0 saturated heterocycles. The molecule has 0 saturated carbocycles. The van der Waals surface area contributed by atoms with Crippen LogP contribution in [-0.4, -0.2) is 37.2 Å². The third-order valence-corrected chi connectivity index (χ3v) is 14.5. The van der Waals surface area contributed by atoms with Crippen LogP contribution in [0, 0.1) is 0 Å². The number of allylic oxidation sites excluding steroid dienone is 18. The zero-order valence-electron chi connectivity index (χ0n) is 52.6. The molecule has 0 aliphatic rings. The second-order valence-corrected chi connectivity index (χ2v) is 22.3. The van der Waals surface area contributed by atoms with Gasteiger partial charge in [0.15, 0.2) is 6.10 Å². The van der Waals surface area contributed by atoms with Gasteiger partial charge in [-0.25, -0.2) is 0 Å². The Labute approximate surface area is 495 Å². The lowest BCUT2D eigenvalue weighted by Gasteiger charge is -2.18. The van der Waals surface area contributed by atoms with Crippen molar-refractivity contribution in [2.45, 2.75) is 329 Å². The Morgan fingerprint density at radius 3 is 0.800 bits per heavy atom. The van der Waals surface area contributed by atoms with E-state index in [1.54, 1.807) is 0 Å². The highest BCUT2D eigenvalue weighted by atomic mass is 16.6. The van der Waals surface area contributed by atoms with E-state index in [0.29, 0.717) is 19.3 Å². The molecule has 0 aromatic rings. The van der Waals surface area contributed by atoms with Crippen LogP contribution in [0.3, 0.4) is 0 Å². The predicted octanol–water partition coefficient (Wildman–Crippen LogP) is 23.4. The minimum atomic E-state index is -0.791. The van der Waals surface area contributed by atoms with Crippen LogP contribution in [0.4, 0.5) is 0 Å². The van der Waals surface area contributed by atoms with Crippen molar-refractivity contribution in [3.63, 3.8) is 0 Å². The van der Waals surface area contributed by atoms with Gasteiger partial charge in [-0.1, -0.05) is 284 Å². The first-order valence-corrected chi connectivity index (χ1v) is 33.9. The molecule has 6 heteroatoms. The summed E-state index contributed by atoms with van der Waals surface area (Å²) in [5, 5.41) is 0. The van der Waals surface area contributed by atoms with E-state index < -0.39 is 6.10 Å². The maximum absolute atomic E-state index is 12.9. The van der Waals surface area contributed by atoms with Gasteiger partial charge in [0.25, 0.3) is 0 Å². The molecule has 0 rings (SSSR count). The first-order valence-electron chi connectivity index (χ1n) is 33.9. The number of hydrogen-bond donors (Lipinski definition) is 0. The smallest absolute Gasteiger partial charge is 0.306 e. The quantitative estimate of drug-likeness (QED) is 0.0261. The van der Waals surface area contributed by atoms with Crippen molar-refractivity contribution in [2.24, 2.45) is 0 Å². The van der Waals surface area contributed by atoms with Crippen LogP contribution in [0.15, 0.2) is 109 Å². The molecule has 0 fully saturated rings. The summed E-state index contributed by atoms with van der Waals surface area (Å²) in [7, 11) is 0. The normalized spacial score (nSPS) is 12.8. The van der Waals surface area contributed by atoms with Crippen molar-refractivity contribution >= 4 is 17.9 Å². The average Bonchev–Trinajstić information content (AvgIpc) is 3.46. The highest BCUT2D eigenvalue weighted by Gasteiger charge is 2.19. The molecule has 0 radical (unpaired) electrons. The fraction of sp³-hybridized carbons (Fsp3) is 0.716. The van der Waals surface area contributed by atoms with E-state index in [9.17, 15) is 14.4 Å². The second kappa shape index (κ2) is 67.6. The number of carbonyl (C=O) groups excluding carboxylic acids is 3. The van der Waals surface area contributed by atoms with Gasteiger partial charge in [0.1, 0.15) is 13.2 Å². The Morgan fingerprint density at radius 2 is 0.487 bits per heavy atom. The summed E-state index contributed by atoms with van der Waals surface area (Å²) in [5.41, 5.74) is 0. The number of ether oxygens (including phenoxy) is 3. The number of rotatable bonds is 61. The first-order chi connectivity index (χ1) is 39.5. The molecule has 0 aliphatic heterocycles.